The van der Waals surface area contributed by atoms with Crippen molar-refractivity contribution in [1.82, 2.24) is 10.3 Å². The zero-order chi connectivity index (χ0) is 18.6. The van der Waals surface area contributed by atoms with Crippen LogP contribution in [0, 0.1) is 5.41 Å². The third kappa shape index (κ3) is 5.07. The van der Waals surface area contributed by atoms with Crippen molar-refractivity contribution in [1.29, 1.82) is 0 Å². The molecule has 7 heteroatoms. The molecular formula is C18H22N2O5. The Labute approximate surface area is 145 Å². The average molecular weight is 346 g/mol. The van der Waals surface area contributed by atoms with E-state index >= 15 is 0 Å². The van der Waals surface area contributed by atoms with Crippen molar-refractivity contribution < 1.29 is 19.1 Å². The third-order valence-electron chi connectivity index (χ3n) is 3.73. The number of carboxylic acid groups (broad SMARTS) is 1. The quantitative estimate of drug-likeness (QED) is 0.744. The van der Waals surface area contributed by atoms with Crippen LogP contribution in [0.25, 0.3) is 11.5 Å². The number of aromatic amines is 1. The van der Waals surface area contributed by atoms with Crippen molar-refractivity contribution in [3.63, 3.8) is 0 Å². The molecule has 0 aromatic carbocycles. The lowest BCUT2D eigenvalue weighted by Crippen LogP contribution is -2.43. The minimum absolute atomic E-state index is 0.0550. The maximum absolute atomic E-state index is 12.3. The van der Waals surface area contributed by atoms with E-state index in [-0.39, 0.29) is 17.4 Å². The van der Waals surface area contributed by atoms with Crippen LogP contribution in [0.4, 0.5) is 0 Å². The fourth-order valence-electron chi connectivity index (χ4n) is 2.30. The number of pyridine rings is 1. The maximum atomic E-state index is 12.3. The van der Waals surface area contributed by atoms with Gasteiger partial charge in [0.2, 0.25) is 0 Å². The molecule has 1 unspecified atom stereocenters. The van der Waals surface area contributed by atoms with Gasteiger partial charge in [-0.15, -0.1) is 0 Å². The van der Waals surface area contributed by atoms with Gasteiger partial charge in [0.15, 0.2) is 0 Å². The fourth-order valence-corrected chi connectivity index (χ4v) is 2.30. The summed E-state index contributed by atoms with van der Waals surface area (Å²) >= 11 is 0. The minimum atomic E-state index is -1.12. The van der Waals surface area contributed by atoms with Crippen LogP contribution >= 0.6 is 0 Å². The monoisotopic (exact) mass is 346 g/mol. The van der Waals surface area contributed by atoms with Gasteiger partial charge in [-0.05, 0) is 42.5 Å². The van der Waals surface area contributed by atoms with E-state index in [4.69, 9.17) is 4.42 Å². The largest absolute Gasteiger partial charge is 0.480 e. The van der Waals surface area contributed by atoms with Crippen molar-refractivity contribution in [3.05, 3.63) is 46.4 Å². The molecule has 0 spiro atoms. The minimum Gasteiger partial charge on any atom is -0.480 e. The Bertz CT molecular complexity index is 800. The molecule has 3 N–H and O–H groups in total. The van der Waals surface area contributed by atoms with E-state index in [1.807, 2.05) is 20.8 Å². The van der Waals surface area contributed by atoms with Crippen LogP contribution in [0.3, 0.4) is 0 Å². The molecule has 2 aromatic rings. The molecule has 2 heterocycles. The second-order valence-corrected chi connectivity index (χ2v) is 7.06. The number of hydrogen-bond acceptors (Lipinski definition) is 4. The summed E-state index contributed by atoms with van der Waals surface area (Å²) in [5, 5.41) is 11.7. The first kappa shape index (κ1) is 18.5. The summed E-state index contributed by atoms with van der Waals surface area (Å²) in [5.74, 6) is -1.37. The smallest absolute Gasteiger partial charge is 0.326 e. The lowest BCUT2D eigenvalue weighted by molar-refractivity contribution is -0.139. The molecule has 25 heavy (non-hydrogen) atoms. The number of carbonyl (C=O) groups excluding carboxylic acids is 1. The zero-order valence-corrected chi connectivity index (χ0v) is 14.5. The number of furan rings is 1. The second-order valence-electron chi connectivity index (χ2n) is 7.06. The Morgan fingerprint density at radius 1 is 1.28 bits per heavy atom. The molecule has 0 aliphatic rings. The summed E-state index contributed by atoms with van der Waals surface area (Å²) < 4.78 is 5.19. The first-order valence-corrected chi connectivity index (χ1v) is 7.98. The molecule has 2 rings (SSSR count). The van der Waals surface area contributed by atoms with Gasteiger partial charge < -0.3 is 19.8 Å². The molecule has 2 aromatic heterocycles. The van der Waals surface area contributed by atoms with Crippen LogP contribution in [0.1, 0.15) is 44.0 Å². The molecule has 1 atom stereocenters. The first-order valence-electron chi connectivity index (χ1n) is 7.98. The topological polar surface area (TPSA) is 112 Å². The maximum Gasteiger partial charge on any atom is 0.326 e. The molecule has 0 saturated carbocycles. The summed E-state index contributed by atoms with van der Waals surface area (Å²) in [6.07, 6.45) is 2.38. The lowest BCUT2D eigenvalue weighted by Gasteiger charge is -2.21. The highest BCUT2D eigenvalue weighted by Crippen LogP contribution is 2.22. The van der Waals surface area contributed by atoms with Crippen molar-refractivity contribution in [2.45, 2.75) is 39.7 Å². The highest BCUT2D eigenvalue weighted by molar-refractivity contribution is 5.96. The van der Waals surface area contributed by atoms with E-state index in [2.05, 4.69) is 10.3 Å². The number of nitrogens with one attached hydrogen (secondary N) is 2. The van der Waals surface area contributed by atoms with Crippen LogP contribution < -0.4 is 10.9 Å². The summed E-state index contributed by atoms with van der Waals surface area (Å²) in [6.45, 7) is 5.98. The standard InChI is InChI=1S/C18H22N2O5/c1-18(2,3)9-8-13(17(23)24)20-16(22)11-6-7-12(19-15(11)21)14-5-4-10-25-14/h4-7,10,13H,8-9H2,1-3H3,(H,19,21)(H,20,22)(H,23,24). The molecule has 0 fully saturated rings. The molecule has 0 aliphatic heterocycles. The van der Waals surface area contributed by atoms with Crippen molar-refractivity contribution in [3.8, 4) is 11.5 Å². The number of carbonyl (C=O) groups is 2. The van der Waals surface area contributed by atoms with Gasteiger partial charge in [-0.2, -0.15) is 0 Å². The van der Waals surface area contributed by atoms with E-state index in [9.17, 15) is 19.5 Å². The van der Waals surface area contributed by atoms with E-state index in [1.165, 1.54) is 12.3 Å². The molecule has 0 bridgehead atoms. The normalized spacial score (nSPS) is 12.6. The van der Waals surface area contributed by atoms with Gasteiger partial charge >= 0.3 is 5.97 Å². The van der Waals surface area contributed by atoms with Gasteiger partial charge in [-0.1, -0.05) is 20.8 Å². The van der Waals surface area contributed by atoms with Crippen LogP contribution in [0.5, 0.6) is 0 Å². The van der Waals surface area contributed by atoms with Gasteiger partial charge in [0, 0.05) is 0 Å². The van der Waals surface area contributed by atoms with Crippen LogP contribution in [-0.4, -0.2) is 28.0 Å². The highest BCUT2D eigenvalue weighted by Gasteiger charge is 2.24. The van der Waals surface area contributed by atoms with Gasteiger partial charge in [0.05, 0.1) is 12.0 Å². The predicted molar refractivity (Wildman–Crippen MR) is 92.3 cm³/mol. The van der Waals surface area contributed by atoms with Crippen molar-refractivity contribution in [2.24, 2.45) is 5.41 Å². The summed E-state index contributed by atoms with van der Waals surface area (Å²) in [5.41, 5.74) is -0.363. The van der Waals surface area contributed by atoms with E-state index in [0.29, 0.717) is 17.9 Å². The number of hydrogen-bond donors (Lipinski definition) is 3. The van der Waals surface area contributed by atoms with Crippen molar-refractivity contribution >= 4 is 11.9 Å². The predicted octanol–water partition coefficient (Wildman–Crippen LogP) is 2.64. The number of amides is 1. The van der Waals surface area contributed by atoms with Gasteiger partial charge in [-0.25, -0.2) is 4.79 Å². The number of aromatic nitrogens is 1. The third-order valence-corrected chi connectivity index (χ3v) is 3.73. The molecule has 134 valence electrons. The molecule has 1 amide bonds. The second kappa shape index (κ2) is 7.38. The van der Waals surface area contributed by atoms with Crippen LogP contribution in [-0.2, 0) is 4.79 Å². The van der Waals surface area contributed by atoms with Crippen LogP contribution in [0.2, 0.25) is 0 Å². The van der Waals surface area contributed by atoms with E-state index < -0.39 is 23.5 Å². The highest BCUT2D eigenvalue weighted by atomic mass is 16.4. The number of rotatable bonds is 6. The Balaban J connectivity index is 2.13. The Morgan fingerprint density at radius 2 is 2.00 bits per heavy atom. The summed E-state index contributed by atoms with van der Waals surface area (Å²) in [4.78, 5) is 38.3. The molecule has 7 nitrogen and oxygen atoms in total. The Kier molecular flexibility index (Phi) is 5.46. The molecule has 0 saturated heterocycles. The van der Waals surface area contributed by atoms with Crippen molar-refractivity contribution in [2.75, 3.05) is 0 Å². The SMILES string of the molecule is CC(C)(C)CCC(NC(=O)c1ccc(-c2ccco2)[nH]c1=O)C(=O)O. The van der Waals surface area contributed by atoms with Crippen LogP contribution in [0.15, 0.2) is 39.7 Å². The summed E-state index contributed by atoms with van der Waals surface area (Å²) in [7, 11) is 0. The van der Waals surface area contributed by atoms with E-state index in [0.717, 1.165) is 0 Å². The van der Waals surface area contributed by atoms with Gasteiger partial charge in [0.1, 0.15) is 17.4 Å². The van der Waals surface area contributed by atoms with Gasteiger partial charge in [0.25, 0.3) is 11.5 Å². The molecule has 0 radical (unpaired) electrons. The Morgan fingerprint density at radius 3 is 2.52 bits per heavy atom. The molecule has 0 aliphatic carbocycles. The summed E-state index contributed by atoms with van der Waals surface area (Å²) in [6, 6.07) is 5.21. The fraction of sp³-hybridized carbons (Fsp3) is 0.389. The lowest BCUT2D eigenvalue weighted by atomic mass is 9.88. The zero-order valence-electron chi connectivity index (χ0n) is 14.5. The first-order chi connectivity index (χ1) is 11.7. The molecular weight excluding hydrogens is 324 g/mol. The number of carboxylic acids is 1. The number of H-pyrrole nitrogens is 1. The van der Waals surface area contributed by atoms with Gasteiger partial charge in [-0.3, -0.25) is 9.59 Å². The Hall–Kier alpha value is -2.83. The van der Waals surface area contributed by atoms with E-state index in [1.54, 1.807) is 18.2 Å². The number of aliphatic carboxylic acids is 1. The average Bonchev–Trinajstić information content (AvgIpc) is 3.04.